The third-order valence-electron chi connectivity index (χ3n) is 1.75. The number of aryl methyl sites for hydroxylation is 1. The molecule has 1 heterocycles. The van der Waals surface area contributed by atoms with Gasteiger partial charge in [-0.2, -0.15) is 0 Å². The maximum atomic E-state index is 5.70. The third-order valence-corrected chi connectivity index (χ3v) is 1.75. The second-order valence-corrected chi connectivity index (χ2v) is 3.04. The van der Waals surface area contributed by atoms with Crippen LogP contribution in [-0.4, -0.2) is 0 Å². The third kappa shape index (κ3) is 4.05. The zero-order valence-corrected chi connectivity index (χ0v) is 10.6. The van der Waals surface area contributed by atoms with Crippen LogP contribution in [0.1, 0.15) is 52.1 Å². The molecule has 0 aliphatic heterocycles. The van der Waals surface area contributed by atoms with E-state index in [0.717, 1.165) is 23.6 Å². The fourth-order valence-electron chi connectivity index (χ4n) is 1.03. The molecule has 0 unspecified atom stereocenters. The number of hydrogen-bond donors (Lipinski definition) is 1. The summed E-state index contributed by atoms with van der Waals surface area (Å²) in [7, 11) is 0. The second-order valence-electron chi connectivity index (χ2n) is 3.04. The van der Waals surface area contributed by atoms with E-state index in [9.17, 15) is 0 Å². The van der Waals surface area contributed by atoms with Crippen molar-refractivity contribution in [3.8, 4) is 0 Å². The van der Waals surface area contributed by atoms with E-state index in [-0.39, 0.29) is 12.4 Å². The van der Waals surface area contributed by atoms with E-state index in [2.05, 4.69) is 13.8 Å². The van der Waals surface area contributed by atoms with Gasteiger partial charge in [0.1, 0.15) is 11.5 Å². The van der Waals surface area contributed by atoms with Crippen molar-refractivity contribution in [3.05, 3.63) is 17.6 Å². The predicted molar refractivity (Wildman–Crippen MR) is 65.2 cm³/mol. The Balaban J connectivity index is 0. The summed E-state index contributed by atoms with van der Waals surface area (Å²) in [5.41, 5.74) is 6.48. The molecule has 14 heavy (non-hydrogen) atoms. The molecule has 1 aromatic heterocycles. The summed E-state index contributed by atoms with van der Waals surface area (Å²) in [5, 5.41) is 0. The highest BCUT2D eigenvalue weighted by Gasteiger charge is 2.08. The van der Waals surface area contributed by atoms with Gasteiger partial charge in [0.15, 0.2) is 0 Å². The number of anilines is 1. The Hall–Kier alpha value is -0.630. The molecule has 2 nitrogen and oxygen atoms in total. The Morgan fingerprint density at radius 3 is 2.07 bits per heavy atom. The molecule has 2 N–H and O–H groups in total. The molecule has 84 valence electrons. The lowest BCUT2D eigenvalue weighted by Gasteiger charge is -1.96. The van der Waals surface area contributed by atoms with Crippen molar-refractivity contribution >= 4 is 18.1 Å². The van der Waals surface area contributed by atoms with E-state index in [0.29, 0.717) is 5.92 Å². The minimum absolute atomic E-state index is 0. The molecule has 0 saturated carbocycles. The van der Waals surface area contributed by atoms with Gasteiger partial charge in [-0.25, -0.2) is 0 Å². The van der Waals surface area contributed by atoms with Crippen molar-refractivity contribution in [1.82, 2.24) is 0 Å². The van der Waals surface area contributed by atoms with E-state index >= 15 is 0 Å². The average Bonchev–Trinajstić information content (AvgIpc) is 2.50. The van der Waals surface area contributed by atoms with E-state index in [1.54, 1.807) is 0 Å². The molecule has 0 saturated heterocycles. The second kappa shape index (κ2) is 7.74. The van der Waals surface area contributed by atoms with E-state index in [1.165, 1.54) is 0 Å². The molecule has 0 bridgehead atoms. The molecule has 0 radical (unpaired) electrons. The number of furan rings is 1. The summed E-state index contributed by atoms with van der Waals surface area (Å²) in [6, 6.07) is 1.92. The Morgan fingerprint density at radius 2 is 1.86 bits per heavy atom. The predicted octanol–water partition coefficient (Wildman–Crippen LogP) is 4.00. The Labute approximate surface area is 93.3 Å². The van der Waals surface area contributed by atoms with Crippen molar-refractivity contribution in [1.29, 1.82) is 0 Å². The largest absolute Gasteiger partial charge is 0.464 e. The molecule has 0 aliphatic carbocycles. The van der Waals surface area contributed by atoms with Crippen molar-refractivity contribution in [2.45, 2.75) is 47.0 Å². The molecule has 0 spiro atoms. The van der Waals surface area contributed by atoms with Crippen molar-refractivity contribution in [2.24, 2.45) is 0 Å². The number of halogens is 1. The standard InChI is InChI=1S/C9H15NO.C2H6.ClH/c1-4-8-7(10)5-9(11-8)6(2)3;1-2;/h5-6H,4,10H2,1-3H3;1-2H3;1H. The molecule has 0 aromatic carbocycles. The van der Waals surface area contributed by atoms with Crippen LogP contribution in [0.25, 0.3) is 0 Å². The summed E-state index contributed by atoms with van der Waals surface area (Å²) in [6.45, 7) is 10.2. The summed E-state index contributed by atoms with van der Waals surface area (Å²) in [4.78, 5) is 0. The van der Waals surface area contributed by atoms with Crippen LogP contribution in [0, 0.1) is 0 Å². The lowest BCUT2D eigenvalue weighted by atomic mass is 10.1. The van der Waals surface area contributed by atoms with Gasteiger partial charge in [0.05, 0.1) is 5.69 Å². The SMILES string of the molecule is CC.CCc1oc(C(C)C)cc1N.Cl. The zero-order chi connectivity index (χ0) is 10.4. The average molecular weight is 220 g/mol. The molecular formula is C11H22ClNO. The first kappa shape index (κ1) is 15.8. The highest BCUT2D eigenvalue weighted by Crippen LogP contribution is 2.23. The maximum absolute atomic E-state index is 5.70. The van der Waals surface area contributed by atoms with Crippen LogP contribution >= 0.6 is 12.4 Å². The first-order chi connectivity index (χ1) is 6.15. The van der Waals surface area contributed by atoms with Crippen LogP contribution in [0.2, 0.25) is 0 Å². The first-order valence-electron chi connectivity index (χ1n) is 5.03. The van der Waals surface area contributed by atoms with Gasteiger partial charge in [0, 0.05) is 18.4 Å². The smallest absolute Gasteiger partial charge is 0.126 e. The maximum Gasteiger partial charge on any atom is 0.126 e. The van der Waals surface area contributed by atoms with Crippen molar-refractivity contribution in [2.75, 3.05) is 5.73 Å². The topological polar surface area (TPSA) is 39.2 Å². The van der Waals surface area contributed by atoms with Gasteiger partial charge < -0.3 is 10.2 Å². The van der Waals surface area contributed by atoms with Gasteiger partial charge in [-0.1, -0.05) is 34.6 Å². The molecule has 0 atom stereocenters. The minimum atomic E-state index is 0. The number of hydrogen-bond acceptors (Lipinski definition) is 2. The van der Waals surface area contributed by atoms with Crippen molar-refractivity contribution in [3.63, 3.8) is 0 Å². The summed E-state index contributed by atoms with van der Waals surface area (Å²) in [5.74, 6) is 2.32. The van der Waals surface area contributed by atoms with E-state index in [4.69, 9.17) is 10.2 Å². The summed E-state index contributed by atoms with van der Waals surface area (Å²) >= 11 is 0. The van der Waals surface area contributed by atoms with Gasteiger partial charge in [-0.3, -0.25) is 0 Å². The minimum Gasteiger partial charge on any atom is -0.464 e. The Kier molecular flexibility index (Phi) is 8.75. The van der Waals surface area contributed by atoms with Crippen LogP contribution in [-0.2, 0) is 6.42 Å². The fraction of sp³-hybridized carbons (Fsp3) is 0.636. The van der Waals surface area contributed by atoms with Gasteiger partial charge in [-0.15, -0.1) is 12.4 Å². The molecule has 0 fully saturated rings. The molecule has 0 aliphatic rings. The van der Waals surface area contributed by atoms with Gasteiger partial charge >= 0.3 is 0 Å². The summed E-state index contributed by atoms with van der Waals surface area (Å²) in [6.07, 6.45) is 0.874. The Bertz CT molecular complexity index is 243. The molecular weight excluding hydrogens is 198 g/mol. The number of nitrogens with two attached hydrogens (primary N) is 1. The number of rotatable bonds is 2. The zero-order valence-electron chi connectivity index (χ0n) is 9.76. The normalized spacial score (nSPS) is 9.00. The van der Waals surface area contributed by atoms with E-state index < -0.39 is 0 Å². The summed E-state index contributed by atoms with van der Waals surface area (Å²) < 4.78 is 5.50. The van der Waals surface area contributed by atoms with Crippen LogP contribution in [0.3, 0.4) is 0 Å². The van der Waals surface area contributed by atoms with Crippen molar-refractivity contribution < 1.29 is 4.42 Å². The molecule has 3 heteroatoms. The van der Waals surface area contributed by atoms with Crippen LogP contribution in [0.4, 0.5) is 5.69 Å². The lowest BCUT2D eigenvalue weighted by Crippen LogP contribution is -1.85. The number of nitrogen functional groups attached to an aromatic ring is 1. The van der Waals surface area contributed by atoms with Crippen LogP contribution in [0.15, 0.2) is 10.5 Å². The van der Waals surface area contributed by atoms with Gasteiger partial charge in [-0.05, 0) is 0 Å². The highest BCUT2D eigenvalue weighted by atomic mass is 35.5. The lowest BCUT2D eigenvalue weighted by molar-refractivity contribution is 0.452. The monoisotopic (exact) mass is 219 g/mol. The quantitative estimate of drug-likeness (QED) is 0.817. The first-order valence-corrected chi connectivity index (χ1v) is 5.03. The fourth-order valence-corrected chi connectivity index (χ4v) is 1.03. The molecule has 1 aromatic rings. The van der Waals surface area contributed by atoms with Crippen LogP contribution in [0.5, 0.6) is 0 Å². The molecule has 1 rings (SSSR count). The molecule has 0 amide bonds. The van der Waals surface area contributed by atoms with Gasteiger partial charge in [0.2, 0.25) is 0 Å². The van der Waals surface area contributed by atoms with E-state index in [1.807, 2.05) is 26.8 Å². The highest BCUT2D eigenvalue weighted by molar-refractivity contribution is 5.85. The van der Waals surface area contributed by atoms with Crippen LogP contribution < -0.4 is 5.73 Å². The Morgan fingerprint density at radius 1 is 1.36 bits per heavy atom. The van der Waals surface area contributed by atoms with Gasteiger partial charge in [0.25, 0.3) is 0 Å².